The second-order valence-corrected chi connectivity index (χ2v) is 11.1. The number of aromatic nitrogens is 4. The molecule has 2 unspecified atom stereocenters. The Bertz CT molecular complexity index is 1660. The number of fused-ring (bicyclic) bond motifs is 1. The molecule has 1 aliphatic carbocycles. The second-order valence-electron chi connectivity index (χ2n) is 11.1. The summed E-state index contributed by atoms with van der Waals surface area (Å²) in [4.78, 5) is 8.55. The molecule has 7 nitrogen and oxygen atoms in total. The van der Waals surface area contributed by atoms with Crippen molar-refractivity contribution in [3.63, 3.8) is 0 Å². The smallest absolute Gasteiger partial charge is 0.254 e. The van der Waals surface area contributed by atoms with E-state index >= 15 is 0 Å². The first kappa shape index (κ1) is 33.5. The summed E-state index contributed by atoms with van der Waals surface area (Å²) >= 11 is 0. The second kappa shape index (κ2) is 15.5. The van der Waals surface area contributed by atoms with Gasteiger partial charge in [-0.15, -0.1) is 18.3 Å². The highest BCUT2D eigenvalue weighted by molar-refractivity contribution is 5.67. The summed E-state index contributed by atoms with van der Waals surface area (Å²) in [5.41, 5.74) is 10.5. The topological polar surface area (TPSA) is 90.9 Å². The summed E-state index contributed by atoms with van der Waals surface area (Å²) < 4.78 is 1.53. The average molecular weight is 588 g/mol. The van der Waals surface area contributed by atoms with Crippen molar-refractivity contribution >= 4 is 22.6 Å². The Morgan fingerprint density at radius 2 is 1.84 bits per heavy atom. The van der Waals surface area contributed by atoms with Gasteiger partial charge in [0, 0.05) is 17.8 Å². The Balaban J connectivity index is 0.000000276. The molecule has 228 valence electrons. The first-order chi connectivity index (χ1) is 21.1. The molecule has 1 aliphatic heterocycles. The van der Waals surface area contributed by atoms with Crippen molar-refractivity contribution in [2.45, 2.75) is 72.4 Å². The van der Waals surface area contributed by atoms with Crippen LogP contribution in [0, 0.1) is 11.3 Å². The van der Waals surface area contributed by atoms with Crippen LogP contribution in [0.15, 0.2) is 98.3 Å². The first-order valence-corrected chi connectivity index (χ1v) is 15.0. The van der Waals surface area contributed by atoms with Crippen molar-refractivity contribution in [1.29, 1.82) is 5.26 Å². The number of nitrogens with one attached hydrogen (secondary N) is 2. The van der Waals surface area contributed by atoms with Crippen molar-refractivity contribution in [1.82, 2.24) is 30.2 Å². The van der Waals surface area contributed by atoms with Gasteiger partial charge in [0.2, 0.25) is 0 Å². The molecule has 2 N–H and O–H groups in total. The SMILES string of the molecule is C=C.C=C(C)c1ccc(C(C)NC(=C)c2cc(C(=C)C)nc3nc(C#N)nn23)cc1.CCC1=CC2=C(CC=C1)CCC(C)N2. The molecule has 0 amide bonds. The van der Waals surface area contributed by atoms with Crippen molar-refractivity contribution in [3.8, 4) is 6.07 Å². The molecular formula is C37H45N7. The van der Waals surface area contributed by atoms with Crippen LogP contribution in [-0.4, -0.2) is 25.6 Å². The number of rotatable bonds is 7. The van der Waals surface area contributed by atoms with E-state index in [0.717, 1.165) is 35.1 Å². The van der Waals surface area contributed by atoms with Gasteiger partial charge in [-0.05, 0) is 93.4 Å². The molecule has 0 radical (unpaired) electrons. The van der Waals surface area contributed by atoms with Crippen LogP contribution in [0.25, 0.3) is 22.6 Å². The van der Waals surface area contributed by atoms with Crippen molar-refractivity contribution in [2.75, 3.05) is 0 Å². The minimum absolute atomic E-state index is 0.0159. The third-order valence-corrected chi connectivity index (χ3v) is 7.55. The summed E-state index contributed by atoms with van der Waals surface area (Å²) in [5, 5.41) is 20.3. The maximum atomic E-state index is 9.12. The van der Waals surface area contributed by atoms with Crippen LogP contribution in [0.4, 0.5) is 0 Å². The highest BCUT2D eigenvalue weighted by Gasteiger charge is 2.17. The zero-order chi connectivity index (χ0) is 32.4. The van der Waals surface area contributed by atoms with Gasteiger partial charge in [0.15, 0.2) is 0 Å². The molecule has 0 spiro atoms. The number of benzene rings is 1. The summed E-state index contributed by atoms with van der Waals surface area (Å²) in [6.07, 6.45) is 11.7. The maximum Gasteiger partial charge on any atom is 0.254 e. The largest absolute Gasteiger partial charge is 0.383 e. The van der Waals surface area contributed by atoms with Crippen molar-refractivity contribution < 1.29 is 0 Å². The maximum absolute atomic E-state index is 9.12. The molecule has 0 fully saturated rings. The van der Waals surface area contributed by atoms with Crippen LogP contribution in [0.2, 0.25) is 0 Å². The van der Waals surface area contributed by atoms with Crippen LogP contribution in [-0.2, 0) is 0 Å². The summed E-state index contributed by atoms with van der Waals surface area (Å²) in [6, 6.07) is 12.7. The summed E-state index contributed by atoms with van der Waals surface area (Å²) in [5.74, 6) is 0.400. The normalized spacial score (nSPS) is 15.9. The lowest BCUT2D eigenvalue weighted by Gasteiger charge is -2.25. The third kappa shape index (κ3) is 8.32. The molecular weight excluding hydrogens is 542 g/mol. The molecule has 3 aromatic rings. The zero-order valence-corrected chi connectivity index (χ0v) is 26.9. The zero-order valence-electron chi connectivity index (χ0n) is 26.9. The monoisotopic (exact) mass is 587 g/mol. The van der Waals surface area contributed by atoms with E-state index in [0.29, 0.717) is 28.9 Å². The quantitative estimate of drug-likeness (QED) is 0.269. The van der Waals surface area contributed by atoms with E-state index in [1.165, 1.54) is 28.6 Å². The fraction of sp³-hybridized carbons (Fsp3) is 0.297. The number of allylic oxidation sites excluding steroid dienone is 7. The minimum atomic E-state index is 0.0159. The molecule has 2 atom stereocenters. The Labute approximate surface area is 262 Å². The minimum Gasteiger partial charge on any atom is -0.383 e. The first-order valence-electron chi connectivity index (χ1n) is 15.0. The molecule has 0 bridgehead atoms. The van der Waals surface area contributed by atoms with Crippen molar-refractivity contribution in [3.05, 3.63) is 127 Å². The molecule has 2 aliphatic rings. The van der Waals surface area contributed by atoms with E-state index in [-0.39, 0.29) is 11.9 Å². The standard InChI is InChI=1S/C22H22N6.C13H19N.C2H4/c1-13(2)17-7-9-18(10-8-17)15(5)24-16(6)20-11-19(14(3)4)25-22-26-21(12-23)27-28(20)22;1-3-11-5-4-6-12-8-7-10(2)14-13(12)9-11;1-2/h7-11,15,24H,1,3,6H2,2,4-5H3;4-5,9-10,14H,3,6-8H2,1-2H3;1-2H2. The van der Waals surface area contributed by atoms with E-state index in [2.05, 4.69) is 122 Å². The van der Waals surface area contributed by atoms with Gasteiger partial charge < -0.3 is 10.6 Å². The highest BCUT2D eigenvalue weighted by Crippen LogP contribution is 2.26. The number of hydrogen-bond acceptors (Lipinski definition) is 6. The van der Waals surface area contributed by atoms with Crippen LogP contribution in [0.1, 0.15) is 94.7 Å². The van der Waals surface area contributed by atoms with Gasteiger partial charge in [-0.25, -0.2) is 4.98 Å². The fourth-order valence-corrected chi connectivity index (χ4v) is 4.95. The number of hydrogen-bond donors (Lipinski definition) is 2. The van der Waals surface area contributed by atoms with Gasteiger partial charge in [0.25, 0.3) is 11.6 Å². The summed E-state index contributed by atoms with van der Waals surface area (Å²) in [6.45, 7) is 28.5. The highest BCUT2D eigenvalue weighted by atomic mass is 15.3. The molecule has 5 rings (SSSR count). The van der Waals surface area contributed by atoms with Gasteiger partial charge >= 0.3 is 0 Å². The lowest BCUT2D eigenvalue weighted by atomic mass is 9.97. The van der Waals surface area contributed by atoms with Crippen LogP contribution >= 0.6 is 0 Å². The average Bonchev–Trinajstić information content (AvgIpc) is 3.34. The van der Waals surface area contributed by atoms with E-state index in [4.69, 9.17) is 5.26 Å². The van der Waals surface area contributed by atoms with E-state index in [1.807, 2.05) is 26.0 Å². The molecule has 44 heavy (non-hydrogen) atoms. The fourth-order valence-electron chi connectivity index (χ4n) is 4.95. The van der Waals surface area contributed by atoms with E-state index in [1.54, 1.807) is 5.57 Å². The number of nitriles is 1. The molecule has 0 saturated heterocycles. The van der Waals surface area contributed by atoms with Crippen LogP contribution < -0.4 is 10.6 Å². The predicted octanol–water partition coefficient (Wildman–Crippen LogP) is 8.49. The van der Waals surface area contributed by atoms with Gasteiger partial charge in [-0.2, -0.15) is 14.8 Å². The van der Waals surface area contributed by atoms with Gasteiger partial charge in [-0.1, -0.05) is 68.7 Å². The Hall–Kier alpha value is -4.96. The molecule has 3 heterocycles. The Kier molecular flexibility index (Phi) is 11.8. The number of nitrogens with zero attached hydrogens (tertiary/aromatic N) is 5. The van der Waals surface area contributed by atoms with Gasteiger partial charge in [0.05, 0.1) is 17.1 Å². The van der Waals surface area contributed by atoms with E-state index in [9.17, 15) is 0 Å². The van der Waals surface area contributed by atoms with Crippen LogP contribution in [0.5, 0.6) is 0 Å². The molecule has 2 aromatic heterocycles. The predicted molar refractivity (Wildman–Crippen MR) is 184 cm³/mol. The Morgan fingerprint density at radius 3 is 2.45 bits per heavy atom. The lowest BCUT2D eigenvalue weighted by molar-refractivity contribution is 0.532. The lowest BCUT2D eigenvalue weighted by Crippen LogP contribution is -2.29. The molecule has 7 heteroatoms. The van der Waals surface area contributed by atoms with E-state index < -0.39 is 0 Å². The van der Waals surface area contributed by atoms with Gasteiger partial charge in [-0.3, -0.25) is 0 Å². The van der Waals surface area contributed by atoms with Crippen LogP contribution in [0.3, 0.4) is 0 Å². The Morgan fingerprint density at radius 1 is 1.14 bits per heavy atom. The molecule has 1 aromatic carbocycles. The third-order valence-electron chi connectivity index (χ3n) is 7.55. The summed E-state index contributed by atoms with van der Waals surface area (Å²) in [7, 11) is 0. The molecule has 0 saturated carbocycles. The van der Waals surface area contributed by atoms with Crippen molar-refractivity contribution in [2.24, 2.45) is 0 Å². The van der Waals surface area contributed by atoms with Gasteiger partial charge in [0.1, 0.15) is 6.07 Å².